The molecule has 0 fully saturated rings. The second-order valence-electron chi connectivity index (χ2n) is 5.99. The first-order valence-corrected chi connectivity index (χ1v) is 8.78. The number of halogens is 1. The maximum Gasteiger partial charge on any atom is 0.262 e. The zero-order valence-electron chi connectivity index (χ0n) is 14.6. The summed E-state index contributed by atoms with van der Waals surface area (Å²) < 4.78 is 5.73. The zero-order valence-corrected chi connectivity index (χ0v) is 15.4. The molecule has 0 spiro atoms. The van der Waals surface area contributed by atoms with E-state index in [1.54, 1.807) is 24.3 Å². The number of carbonyl (C=O) groups is 1. The molecule has 5 heteroatoms. The van der Waals surface area contributed by atoms with Gasteiger partial charge >= 0.3 is 0 Å². The fourth-order valence-electron chi connectivity index (χ4n) is 2.62. The average molecular weight is 377 g/mol. The molecule has 1 heterocycles. The molecule has 0 saturated carbocycles. The molecule has 27 heavy (non-hydrogen) atoms. The predicted octanol–water partition coefficient (Wildman–Crippen LogP) is 5.38. The predicted molar refractivity (Wildman–Crippen MR) is 106 cm³/mol. The highest BCUT2D eigenvalue weighted by Gasteiger charge is 2.14. The van der Waals surface area contributed by atoms with Crippen LogP contribution in [0.2, 0.25) is 5.02 Å². The van der Waals surface area contributed by atoms with Crippen LogP contribution in [0.15, 0.2) is 76.7 Å². The SMILES string of the molecule is C[C@H](NC(=O)/C(C#N)=C\c1ccc(-c2cccc(Cl)c2)o1)c1ccccc1. The van der Waals surface area contributed by atoms with E-state index in [0.717, 1.165) is 11.1 Å². The lowest BCUT2D eigenvalue weighted by Gasteiger charge is -2.13. The van der Waals surface area contributed by atoms with Crippen molar-refractivity contribution in [3.8, 4) is 17.4 Å². The molecule has 0 aliphatic heterocycles. The van der Waals surface area contributed by atoms with Crippen LogP contribution in [0.3, 0.4) is 0 Å². The average Bonchev–Trinajstić information content (AvgIpc) is 3.15. The van der Waals surface area contributed by atoms with E-state index in [0.29, 0.717) is 16.5 Å². The molecule has 1 amide bonds. The summed E-state index contributed by atoms with van der Waals surface area (Å²) in [5, 5.41) is 12.8. The van der Waals surface area contributed by atoms with Gasteiger partial charge in [-0.1, -0.05) is 54.1 Å². The van der Waals surface area contributed by atoms with Crippen LogP contribution < -0.4 is 5.32 Å². The summed E-state index contributed by atoms with van der Waals surface area (Å²) in [5.41, 5.74) is 1.76. The Morgan fingerprint density at radius 1 is 1.15 bits per heavy atom. The van der Waals surface area contributed by atoms with Gasteiger partial charge in [-0.2, -0.15) is 5.26 Å². The van der Waals surface area contributed by atoms with Crippen molar-refractivity contribution in [1.82, 2.24) is 5.32 Å². The van der Waals surface area contributed by atoms with Crippen molar-refractivity contribution >= 4 is 23.6 Å². The Hall–Kier alpha value is -3.29. The Balaban J connectivity index is 1.76. The van der Waals surface area contributed by atoms with Gasteiger partial charge < -0.3 is 9.73 Å². The van der Waals surface area contributed by atoms with Crippen molar-refractivity contribution in [2.75, 3.05) is 0 Å². The van der Waals surface area contributed by atoms with Crippen LogP contribution in [0.1, 0.15) is 24.3 Å². The van der Waals surface area contributed by atoms with E-state index in [1.165, 1.54) is 6.08 Å². The van der Waals surface area contributed by atoms with Crippen molar-refractivity contribution in [2.24, 2.45) is 0 Å². The van der Waals surface area contributed by atoms with Gasteiger partial charge in [0.1, 0.15) is 23.2 Å². The maximum atomic E-state index is 12.4. The minimum absolute atomic E-state index is 0.0234. The van der Waals surface area contributed by atoms with Gasteiger partial charge in [-0.15, -0.1) is 0 Å². The van der Waals surface area contributed by atoms with Gasteiger partial charge in [0.15, 0.2) is 0 Å². The summed E-state index contributed by atoms with van der Waals surface area (Å²) in [6, 6.07) is 22.0. The molecule has 0 aliphatic rings. The summed E-state index contributed by atoms with van der Waals surface area (Å²) in [5.74, 6) is 0.581. The van der Waals surface area contributed by atoms with Crippen LogP contribution in [-0.2, 0) is 4.79 Å². The van der Waals surface area contributed by atoms with Crippen LogP contribution in [0.5, 0.6) is 0 Å². The molecule has 3 rings (SSSR count). The second-order valence-corrected chi connectivity index (χ2v) is 6.42. The Morgan fingerprint density at radius 3 is 2.63 bits per heavy atom. The smallest absolute Gasteiger partial charge is 0.262 e. The number of rotatable bonds is 5. The van der Waals surface area contributed by atoms with Gasteiger partial charge in [0.2, 0.25) is 0 Å². The van der Waals surface area contributed by atoms with Crippen molar-refractivity contribution in [3.05, 3.63) is 88.6 Å². The van der Waals surface area contributed by atoms with Crippen molar-refractivity contribution in [1.29, 1.82) is 5.26 Å². The van der Waals surface area contributed by atoms with Crippen molar-refractivity contribution in [2.45, 2.75) is 13.0 Å². The third-order valence-electron chi connectivity index (χ3n) is 4.03. The fraction of sp³-hybridized carbons (Fsp3) is 0.0909. The van der Waals surface area contributed by atoms with Gasteiger partial charge in [-0.25, -0.2) is 0 Å². The number of benzene rings is 2. The Bertz CT molecular complexity index is 1020. The first kappa shape index (κ1) is 18.5. The van der Waals surface area contributed by atoms with E-state index in [9.17, 15) is 10.1 Å². The Kier molecular flexibility index (Phi) is 5.75. The molecule has 0 bridgehead atoms. The van der Waals surface area contributed by atoms with Gasteiger partial charge in [0.25, 0.3) is 5.91 Å². The summed E-state index contributed by atoms with van der Waals surface area (Å²) in [6.07, 6.45) is 1.43. The van der Waals surface area contributed by atoms with E-state index in [1.807, 2.05) is 55.5 Å². The van der Waals surface area contributed by atoms with Crippen LogP contribution in [0.4, 0.5) is 0 Å². The molecule has 4 nitrogen and oxygen atoms in total. The highest BCUT2D eigenvalue weighted by molar-refractivity contribution is 6.30. The van der Waals surface area contributed by atoms with E-state index in [4.69, 9.17) is 16.0 Å². The van der Waals surface area contributed by atoms with E-state index < -0.39 is 5.91 Å². The van der Waals surface area contributed by atoms with Gasteiger partial charge in [0.05, 0.1) is 6.04 Å². The third-order valence-corrected chi connectivity index (χ3v) is 4.27. The molecule has 1 atom stereocenters. The van der Waals surface area contributed by atoms with E-state index in [2.05, 4.69) is 5.32 Å². The molecule has 0 radical (unpaired) electrons. The molecule has 0 aliphatic carbocycles. The van der Waals surface area contributed by atoms with Crippen molar-refractivity contribution < 1.29 is 9.21 Å². The highest BCUT2D eigenvalue weighted by Crippen LogP contribution is 2.25. The third kappa shape index (κ3) is 4.66. The van der Waals surface area contributed by atoms with Gasteiger partial charge in [0, 0.05) is 16.7 Å². The van der Waals surface area contributed by atoms with Crippen molar-refractivity contribution in [3.63, 3.8) is 0 Å². The zero-order chi connectivity index (χ0) is 19.2. The number of hydrogen-bond donors (Lipinski definition) is 1. The van der Waals surface area contributed by atoms with E-state index >= 15 is 0 Å². The lowest BCUT2D eigenvalue weighted by atomic mass is 10.1. The topological polar surface area (TPSA) is 66.0 Å². The Labute approximate surface area is 162 Å². The summed E-state index contributed by atoms with van der Waals surface area (Å²) in [7, 11) is 0. The lowest BCUT2D eigenvalue weighted by molar-refractivity contribution is -0.117. The largest absolute Gasteiger partial charge is 0.457 e. The minimum Gasteiger partial charge on any atom is -0.457 e. The number of amides is 1. The summed E-state index contributed by atoms with van der Waals surface area (Å²) in [4.78, 5) is 12.4. The van der Waals surface area contributed by atoms with Crippen LogP contribution >= 0.6 is 11.6 Å². The van der Waals surface area contributed by atoms with Crippen LogP contribution in [-0.4, -0.2) is 5.91 Å². The van der Waals surface area contributed by atoms with Gasteiger partial charge in [-0.05, 0) is 36.8 Å². The summed E-state index contributed by atoms with van der Waals surface area (Å²) in [6.45, 7) is 1.87. The van der Waals surface area contributed by atoms with Crippen LogP contribution in [0.25, 0.3) is 17.4 Å². The molecule has 3 aromatic rings. The highest BCUT2D eigenvalue weighted by atomic mass is 35.5. The molecular formula is C22H17ClN2O2. The number of furan rings is 1. The molecular weight excluding hydrogens is 360 g/mol. The standard InChI is InChI=1S/C22H17ClN2O2/c1-15(16-6-3-2-4-7-16)25-22(26)18(14-24)13-20-10-11-21(27-20)17-8-5-9-19(23)12-17/h2-13,15H,1H3,(H,25,26)/b18-13-/t15-/m0/s1. The quantitative estimate of drug-likeness (QED) is 0.480. The molecule has 1 aromatic heterocycles. The number of hydrogen-bond acceptors (Lipinski definition) is 3. The molecule has 0 saturated heterocycles. The first-order valence-electron chi connectivity index (χ1n) is 8.40. The minimum atomic E-state index is -0.449. The second kappa shape index (κ2) is 8.39. The Morgan fingerprint density at radius 2 is 1.93 bits per heavy atom. The normalized spacial score (nSPS) is 12.3. The number of nitrogens with zero attached hydrogens (tertiary/aromatic N) is 1. The number of nitrogens with one attached hydrogen (secondary N) is 1. The molecule has 0 unspecified atom stereocenters. The van der Waals surface area contributed by atoms with Crippen LogP contribution in [0, 0.1) is 11.3 Å². The molecule has 1 N–H and O–H groups in total. The monoisotopic (exact) mass is 376 g/mol. The molecule has 2 aromatic carbocycles. The fourth-order valence-corrected chi connectivity index (χ4v) is 2.81. The summed E-state index contributed by atoms with van der Waals surface area (Å²) >= 11 is 6.00. The molecule has 134 valence electrons. The first-order chi connectivity index (χ1) is 13.1. The maximum absolute atomic E-state index is 12.4. The van der Waals surface area contributed by atoms with Gasteiger partial charge in [-0.3, -0.25) is 4.79 Å². The number of carbonyl (C=O) groups excluding carboxylic acids is 1. The number of nitriles is 1. The van der Waals surface area contributed by atoms with E-state index in [-0.39, 0.29) is 11.6 Å². The lowest BCUT2D eigenvalue weighted by Crippen LogP contribution is -2.27.